The van der Waals surface area contributed by atoms with Crippen molar-refractivity contribution in [2.24, 2.45) is 0 Å². The fourth-order valence-electron chi connectivity index (χ4n) is 2.43. The lowest BCUT2D eigenvalue weighted by atomic mass is 10.0. The highest BCUT2D eigenvalue weighted by Gasteiger charge is 2.22. The van der Waals surface area contributed by atoms with Crippen LogP contribution in [0.15, 0.2) is 36.5 Å². The van der Waals surface area contributed by atoms with Crippen LogP contribution in [-0.4, -0.2) is 32.0 Å². The van der Waals surface area contributed by atoms with E-state index in [1.165, 1.54) is 6.26 Å². The molecule has 0 radical (unpaired) electrons. The van der Waals surface area contributed by atoms with E-state index in [1.807, 2.05) is 0 Å². The van der Waals surface area contributed by atoms with Gasteiger partial charge in [0.1, 0.15) is 0 Å². The van der Waals surface area contributed by atoms with Gasteiger partial charge in [-0.15, -0.1) is 0 Å². The monoisotopic (exact) mass is 334 g/mol. The number of carbonyl (C=O) groups is 1. The summed E-state index contributed by atoms with van der Waals surface area (Å²) in [6, 6.07) is 7.14. The minimum Gasteiger partial charge on any atom is -0.351 e. The van der Waals surface area contributed by atoms with E-state index in [4.69, 9.17) is 0 Å². The van der Waals surface area contributed by atoms with E-state index < -0.39 is 28.2 Å². The fraction of sp³-hybridized carbons (Fsp3) is 0.125. The molecule has 0 saturated heterocycles. The highest BCUT2D eigenvalue weighted by Crippen LogP contribution is 2.32. The topological polar surface area (TPSA) is 62.8 Å². The predicted molar refractivity (Wildman–Crippen MR) is 84.7 cm³/mol. The summed E-state index contributed by atoms with van der Waals surface area (Å²) in [5, 5.41) is 0.354. The lowest BCUT2D eigenvalue weighted by molar-refractivity contribution is 0.101. The molecule has 3 aromatic rings. The molecule has 23 heavy (non-hydrogen) atoms. The summed E-state index contributed by atoms with van der Waals surface area (Å²) in [4.78, 5) is 19.3. The Hall–Kier alpha value is -2.41. The number of fused-ring (bicyclic) bond motifs is 1. The Morgan fingerprint density at radius 2 is 2.00 bits per heavy atom. The number of halogens is 2. The van der Waals surface area contributed by atoms with Crippen LogP contribution in [0.3, 0.4) is 0 Å². The van der Waals surface area contributed by atoms with Gasteiger partial charge in [-0.05, 0) is 18.2 Å². The Balaban J connectivity index is 2.30. The largest absolute Gasteiger partial charge is 0.351 e. The Morgan fingerprint density at radius 3 is 2.65 bits per heavy atom. The highest BCUT2D eigenvalue weighted by molar-refractivity contribution is 7.85. The third-order valence-electron chi connectivity index (χ3n) is 3.37. The predicted octanol–water partition coefficient (Wildman–Crippen LogP) is 3.07. The maximum absolute atomic E-state index is 13.6. The Bertz CT molecular complexity index is 923. The fourth-order valence-corrected chi connectivity index (χ4v) is 2.95. The molecule has 118 valence electrons. The van der Waals surface area contributed by atoms with Gasteiger partial charge in [0, 0.05) is 45.8 Å². The minimum atomic E-state index is -1.33. The van der Waals surface area contributed by atoms with Crippen LogP contribution < -0.4 is 0 Å². The molecule has 1 aromatic carbocycles. The second kappa shape index (κ2) is 6.00. The standard InChI is InChI=1S/C16H12F2N2O2S/c1-23(22)8-14(21)16-15(12-4-2-3-5-19-12)9-6-10(17)11(18)7-13(9)20-16/h2-7,20H,8H2,1H3. The number of Topliss-reactive ketones (excluding diaryl/α,β-unsaturated/α-hetero) is 1. The molecule has 7 heteroatoms. The molecule has 1 N–H and O–H groups in total. The van der Waals surface area contributed by atoms with Gasteiger partial charge >= 0.3 is 0 Å². The molecule has 0 aliphatic carbocycles. The number of nitrogens with zero attached hydrogens (tertiary/aromatic N) is 1. The van der Waals surface area contributed by atoms with Gasteiger partial charge in [-0.1, -0.05) is 6.07 Å². The Morgan fingerprint density at radius 1 is 1.26 bits per heavy atom. The van der Waals surface area contributed by atoms with Crippen molar-refractivity contribution in [3.63, 3.8) is 0 Å². The zero-order chi connectivity index (χ0) is 16.6. The summed E-state index contributed by atoms with van der Waals surface area (Å²) < 4.78 is 38.4. The first-order valence-electron chi connectivity index (χ1n) is 6.72. The first kappa shape index (κ1) is 15.5. The van der Waals surface area contributed by atoms with Crippen LogP contribution in [0.2, 0.25) is 0 Å². The van der Waals surface area contributed by atoms with Gasteiger partial charge < -0.3 is 4.98 Å². The summed E-state index contributed by atoms with van der Waals surface area (Å²) in [6.07, 6.45) is 2.96. The number of H-pyrrole nitrogens is 1. The summed E-state index contributed by atoms with van der Waals surface area (Å²) in [5.41, 5.74) is 1.28. The normalized spacial score (nSPS) is 12.5. The second-order valence-corrected chi connectivity index (χ2v) is 6.48. The number of aromatic amines is 1. The SMILES string of the molecule is CS(=O)CC(=O)c1[nH]c2cc(F)c(F)cc2c1-c1ccccn1. The van der Waals surface area contributed by atoms with Crippen LogP contribution in [0, 0.1) is 11.6 Å². The maximum atomic E-state index is 13.6. The number of pyridine rings is 1. The van der Waals surface area contributed by atoms with Crippen molar-refractivity contribution in [1.29, 1.82) is 0 Å². The van der Waals surface area contributed by atoms with Crippen LogP contribution in [-0.2, 0) is 10.8 Å². The quantitative estimate of drug-likeness (QED) is 0.746. The van der Waals surface area contributed by atoms with Crippen LogP contribution >= 0.6 is 0 Å². The molecule has 3 rings (SSSR count). The van der Waals surface area contributed by atoms with E-state index in [-0.39, 0.29) is 17.0 Å². The molecular formula is C16H12F2N2O2S. The summed E-state index contributed by atoms with van der Waals surface area (Å²) >= 11 is 0. The third-order valence-corrected chi connectivity index (χ3v) is 4.04. The van der Waals surface area contributed by atoms with Crippen molar-refractivity contribution in [3.05, 3.63) is 53.9 Å². The summed E-state index contributed by atoms with van der Waals surface area (Å²) in [7, 11) is -1.33. The van der Waals surface area contributed by atoms with Crippen molar-refractivity contribution < 1.29 is 17.8 Å². The molecule has 0 aliphatic heterocycles. The summed E-state index contributed by atoms with van der Waals surface area (Å²) in [6.45, 7) is 0. The number of hydrogen-bond acceptors (Lipinski definition) is 3. The molecule has 0 amide bonds. The molecule has 1 atom stereocenters. The van der Waals surface area contributed by atoms with Gasteiger partial charge in [-0.25, -0.2) is 8.78 Å². The number of aromatic nitrogens is 2. The molecule has 2 aromatic heterocycles. The highest BCUT2D eigenvalue weighted by atomic mass is 32.2. The van der Waals surface area contributed by atoms with E-state index in [2.05, 4.69) is 9.97 Å². The minimum absolute atomic E-state index is 0.152. The summed E-state index contributed by atoms with van der Waals surface area (Å²) in [5.74, 6) is -2.60. The second-order valence-electron chi connectivity index (χ2n) is 5.04. The molecule has 0 spiro atoms. The molecule has 0 aliphatic rings. The van der Waals surface area contributed by atoms with Gasteiger partial charge in [-0.3, -0.25) is 14.0 Å². The molecule has 1 unspecified atom stereocenters. The lowest BCUT2D eigenvalue weighted by Crippen LogP contribution is -2.11. The van der Waals surface area contributed by atoms with E-state index >= 15 is 0 Å². The van der Waals surface area contributed by atoms with Crippen molar-refractivity contribution >= 4 is 27.5 Å². The van der Waals surface area contributed by atoms with Gasteiger partial charge in [0.2, 0.25) is 0 Å². The molecule has 4 nitrogen and oxygen atoms in total. The molecule has 2 heterocycles. The smallest absolute Gasteiger partial charge is 0.192 e. The molecule has 0 fully saturated rings. The maximum Gasteiger partial charge on any atom is 0.192 e. The number of carbonyl (C=O) groups excluding carboxylic acids is 1. The first-order valence-corrected chi connectivity index (χ1v) is 8.45. The van der Waals surface area contributed by atoms with Crippen LogP contribution in [0.5, 0.6) is 0 Å². The zero-order valence-electron chi connectivity index (χ0n) is 12.1. The molecule has 0 saturated carbocycles. The number of hydrogen-bond donors (Lipinski definition) is 1. The van der Waals surface area contributed by atoms with Gasteiger partial charge in [0.05, 0.1) is 17.1 Å². The molecular weight excluding hydrogens is 322 g/mol. The van der Waals surface area contributed by atoms with Crippen LogP contribution in [0.1, 0.15) is 10.5 Å². The van der Waals surface area contributed by atoms with Crippen molar-refractivity contribution in [1.82, 2.24) is 9.97 Å². The third kappa shape index (κ3) is 2.92. The van der Waals surface area contributed by atoms with Gasteiger partial charge in [0.15, 0.2) is 17.4 Å². The Kier molecular flexibility index (Phi) is 4.04. The number of benzene rings is 1. The van der Waals surface area contributed by atoms with Gasteiger partial charge in [0.25, 0.3) is 0 Å². The number of ketones is 1. The number of rotatable bonds is 4. The van der Waals surface area contributed by atoms with Crippen molar-refractivity contribution in [3.8, 4) is 11.3 Å². The average molecular weight is 334 g/mol. The van der Waals surface area contributed by atoms with Crippen LogP contribution in [0.4, 0.5) is 8.78 Å². The van der Waals surface area contributed by atoms with Gasteiger partial charge in [-0.2, -0.15) is 0 Å². The van der Waals surface area contributed by atoms with Crippen molar-refractivity contribution in [2.45, 2.75) is 0 Å². The molecule has 0 bridgehead atoms. The Labute approximate surface area is 133 Å². The van der Waals surface area contributed by atoms with E-state index in [0.29, 0.717) is 16.6 Å². The van der Waals surface area contributed by atoms with E-state index in [0.717, 1.165) is 12.1 Å². The lowest BCUT2D eigenvalue weighted by Gasteiger charge is -2.03. The van der Waals surface area contributed by atoms with E-state index in [9.17, 15) is 17.8 Å². The average Bonchev–Trinajstić information content (AvgIpc) is 2.86. The van der Waals surface area contributed by atoms with Crippen LogP contribution in [0.25, 0.3) is 22.2 Å². The zero-order valence-corrected chi connectivity index (χ0v) is 12.9. The van der Waals surface area contributed by atoms with Crippen molar-refractivity contribution in [2.75, 3.05) is 12.0 Å². The van der Waals surface area contributed by atoms with E-state index in [1.54, 1.807) is 24.4 Å². The first-order chi connectivity index (χ1) is 11.0. The number of nitrogens with one attached hydrogen (secondary N) is 1.